The maximum atomic E-state index is 12.9. The Labute approximate surface area is 168 Å². The second kappa shape index (κ2) is 14.7. The fraction of sp³-hybridized carbons (Fsp3) is 0.720. The number of hydrogen-bond donors (Lipinski definition) is 1. The molecule has 1 N–H and O–H groups in total. The van der Waals surface area contributed by atoms with Gasteiger partial charge in [-0.15, -0.1) is 0 Å². The van der Waals surface area contributed by atoms with Crippen molar-refractivity contribution in [3.05, 3.63) is 29.8 Å². The number of aryl methyl sites for hydroxylation is 1. The Hall–Kier alpha value is -1.31. The molecule has 0 aromatic heterocycles. The van der Waals surface area contributed by atoms with Crippen LogP contribution in [0.3, 0.4) is 0 Å². The molecule has 0 aliphatic carbocycles. The van der Waals surface area contributed by atoms with Gasteiger partial charge in [-0.1, -0.05) is 103 Å². The van der Waals surface area contributed by atoms with E-state index in [0.29, 0.717) is 0 Å². The van der Waals surface area contributed by atoms with Gasteiger partial charge in [-0.2, -0.15) is 0 Å². The first-order valence-corrected chi connectivity index (χ1v) is 11.5. The standard InChI is InChI=1S/C25H43NO/c1-5-8-10-18-23(19-13-12-17-22(7-3)16-9-6-2)25(27)26-24-20-14-11-15-21(24)4/h11,14-15,20,22-23H,5-10,12-13,16-19H2,1-4H3,(H,26,27)/t22-,23+/m1/s1. The van der Waals surface area contributed by atoms with Crippen molar-refractivity contribution in [3.8, 4) is 0 Å². The Bertz CT molecular complexity index is 511. The molecule has 2 atom stereocenters. The minimum absolute atomic E-state index is 0.159. The molecule has 0 bridgehead atoms. The van der Waals surface area contributed by atoms with Gasteiger partial charge < -0.3 is 5.32 Å². The van der Waals surface area contributed by atoms with E-state index >= 15 is 0 Å². The molecule has 0 heterocycles. The van der Waals surface area contributed by atoms with E-state index in [2.05, 4.69) is 39.1 Å². The molecule has 0 saturated heterocycles. The summed E-state index contributed by atoms with van der Waals surface area (Å²) in [7, 11) is 0. The van der Waals surface area contributed by atoms with Crippen LogP contribution < -0.4 is 5.32 Å². The molecule has 0 radical (unpaired) electrons. The van der Waals surface area contributed by atoms with E-state index < -0.39 is 0 Å². The van der Waals surface area contributed by atoms with Crippen molar-refractivity contribution >= 4 is 11.6 Å². The first-order valence-electron chi connectivity index (χ1n) is 11.5. The number of para-hydroxylation sites is 1. The van der Waals surface area contributed by atoms with Crippen LogP contribution in [0.5, 0.6) is 0 Å². The summed E-state index contributed by atoms with van der Waals surface area (Å²) in [6, 6.07) is 8.08. The van der Waals surface area contributed by atoms with Gasteiger partial charge in [0.15, 0.2) is 0 Å². The smallest absolute Gasteiger partial charge is 0.227 e. The van der Waals surface area contributed by atoms with Crippen molar-refractivity contribution in [2.45, 2.75) is 105 Å². The normalized spacial score (nSPS) is 13.3. The van der Waals surface area contributed by atoms with Crippen LogP contribution in [0.25, 0.3) is 0 Å². The van der Waals surface area contributed by atoms with Crippen LogP contribution in [0.4, 0.5) is 5.69 Å². The van der Waals surface area contributed by atoms with Gasteiger partial charge in [0.2, 0.25) is 5.91 Å². The number of hydrogen-bond acceptors (Lipinski definition) is 1. The van der Waals surface area contributed by atoms with Crippen molar-refractivity contribution < 1.29 is 4.79 Å². The summed E-state index contributed by atoms with van der Waals surface area (Å²) in [6.07, 6.45) is 14.8. The Morgan fingerprint density at radius 3 is 2.07 bits per heavy atom. The van der Waals surface area contributed by atoms with Crippen LogP contribution >= 0.6 is 0 Å². The van der Waals surface area contributed by atoms with Crippen molar-refractivity contribution in [1.29, 1.82) is 0 Å². The average molecular weight is 374 g/mol. The van der Waals surface area contributed by atoms with E-state index in [1.165, 1.54) is 57.8 Å². The van der Waals surface area contributed by atoms with E-state index in [9.17, 15) is 4.79 Å². The minimum atomic E-state index is 0.159. The zero-order valence-corrected chi connectivity index (χ0v) is 18.4. The van der Waals surface area contributed by atoms with Crippen LogP contribution in [0, 0.1) is 18.8 Å². The molecule has 0 aliphatic heterocycles. The summed E-state index contributed by atoms with van der Waals surface area (Å²) in [5.74, 6) is 1.26. The van der Waals surface area contributed by atoms with Crippen LogP contribution in [0.1, 0.15) is 103 Å². The molecule has 154 valence electrons. The Balaban J connectivity index is 2.50. The van der Waals surface area contributed by atoms with Crippen molar-refractivity contribution in [3.63, 3.8) is 0 Å². The van der Waals surface area contributed by atoms with Gasteiger partial charge in [0.1, 0.15) is 0 Å². The summed E-state index contributed by atoms with van der Waals surface area (Å²) < 4.78 is 0. The number of rotatable bonds is 15. The highest BCUT2D eigenvalue weighted by molar-refractivity contribution is 5.93. The molecule has 2 nitrogen and oxygen atoms in total. The van der Waals surface area contributed by atoms with Gasteiger partial charge in [-0.3, -0.25) is 4.79 Å². The van der Waals surface area contributed by atoms with Gasteiger partial charge in [0.05, 0.1) is 0 Å². The molecule has 0 unspecified atom stereocenters. The molecular formula is C25H43NO. The summed E-state index contributed by atoms with van der Waals surface area (Å²) in [5, 5.41) is 3.19. The zero-order valence-electron chi connectivity index (χ0n) is 18.4. The van der Waals surface area contributed by atoms with E-state index in [0.717, 1.165) is 36.4 Å². The van der Waals surface area contributed by atoms with Gasteiger partial charge in [0.25, 0.3) is 0 Å². The average Bonchev–Trinajstić information content (AvgIpc) is 2.67. The monoisotopic (exact) mass is 373 g/mol. The maximum absolute atomic E-state index is 12.9. The van der Waals surface area contributed by atoms with Gasteiger partial charge in [-0.05, 0) is 37.3 Å². The van der Waals surface area contributed by atoms with E-state index in [1.54, 1.807) is 0 Å². The predicted octanol–water partition coefficient (Wildman–Crippen LogP) is 7.91. The highest BCUT2D eigenvalue weighted by Gasteiger charge is 2.18. The molecule has 1 rings (SSSR count). The summed E-state index contributed by atoms with van der Waals surface area (Å²) in [4.78, 5) is 12.9. The maximum Gasteiger partial charge on any atom is 0.227 e. The van der Waals surface area contributed by atoms with E-state index in [-0.39, 0.29) is 11.8 Å². The van der Waals surface area contributed by atoms with Crippen molar-refractivity contribution in [2.75, 3.05) is 5.32 Å². The van der Waals surface area contributed by atoms with Crippen LogP contribution in [-0.2, 0) is 4.79 Å². The number of unbranched alkanes of at least 4 members (excludes halogenated alkanes) is 4. The molecular weight excluding hydrogens is 330 g/mol. The fourth-order valence-corrected chi connectivity index (χ4v) is 3.86. The van der Waals surface area contributed by atoms with Crippen LogP contribution in [-0.4, -0.2) is 5.91 Å². The third-order valence-corrected chi connectivity index (χ3v) is 5.89. The van der Waals surface area contributed by atoms with Crippen molar-refractivity contribution in [2.24, 2.45) is 11.8 Å². The lowest BCUT2D eigenvalue weighted by Crippen LogP contribution is -2.23. The number of anilines is 1. The topological polar surface area (TPSA) is 29.1 Å². The predicted molar refractivity (Wildman–Crippen MR) is 119 cm³/mol. The third-order valence-electron chi connectivity index (χ3n) is 5.89. The molecule has 1 amide bonds. The van der Waals surface area contributed by atoms with Crippen LogP contribution in [0.2, 0.25) is 0 Å². The second-order valence-corrected chi connectivity index (χ2v) is 8.20. The first-order chi connectivity index (χ1) is 13.1. The molecule has 2 heteroatoms. The Morgan fingerprint density at radius 1 is 0.852 bits per heavy atom. The van der Waals surface area contributed by atoms with Gasteiger partial charge in [-0.25, -0.2) is 0 Å². The fourth-order valence-electron chi connectivity index (χ4n) is 3.86. The molecule has 1 aromatic rings. The number of amides is 1. The lowest BCUT2D eigenvalue weighted by Gasteiger charge is -2.19. The third kappa shape index (κ3) is 9.98. The summed E-state index contributed by atoms with van der Waals surface area (Å²) in [5.41, 5.74) is 2.11. The Morgan fingerprint density at radius 2 is 1.44 bits per heavy atom. The summed E-state index contributed by atoms with van der Waals surface area (Å²) in [6.45, 7) is 8.89. The second-order valence-electron chi connectivity index (χ2n) is 8.20. The molecule has 27 heavy (non-hydrogen) atoms. The lowest BCUT2D eigenvalue weighted by atomic mass is 9.90. The highest BCUT2D eigenvalue weighted by Crippen LogP contribution is 2.24. The molecule has 0 spiro atoms. The highest BCUT2D eigenvalue weighted by atomic mass is 16.1. The van der Waals surface area contributed by atoms with E-state index in [4.69, 9.17) is 0 Å². The number of carbonyl (C=O) groups excluding carboxylic acids is 1. The number of carbonyl (C=O) groups is 1. The molecule has 0 saturated carbocycles. The quantitative estimate of drug-likeness (QED) is 0.311. The SMILES string of the molecule is CCCCC[C@@H](CCCC[C@H](CC)CCCC)C(=O)Nc1ccccc1C. The zero-order chi connectivity index (χ0) is 19.9. The van der Waals surface area contributed by atoms with Crippen LogP contribution in [0.15, 0.2) is 24.3 Å². The van der Waals surface area contributed by atoms with Crippen molar-refractivity contribution in [1.82, 2.24) is 0 Å². The van der Waals surface area contributed by atoms with E-state index in [1.807, 2.05) is 18.2 Å². The molecule has 0 aliphatic rings. The summed E-state index contributed by atoms with van der Waals surface area (Å²) >= 11 is 0. The molecule has 1 aromatic carbocycles. The number of nitrogens with one attached hydrogen (secondary N) is 1. The first kappa shape index (κ1) is 23.7. The minimum Gasteiger partial charge on any atom is -0.326 e. The largest absolute Gasteiger partial charge is 0.326 e. The lowest BCUT2D eigenvalue weighted by molar-refractivity contribution is -0.120. The Kier molecular flexibility index (Phi) is 12.9. The molecule has 0 fully saturated rings. The van der Waals surface area contributed by atoms with Gasteiger partial charge in [0, 0.05) is 11.6 Å². The number of benzene rings is 1. The van der Waals surface area contributed by atoms with Gasteiger partial charge >= 0.3 is 0 Å².